The predicted octanol–water partition coefficient (Wildman–Crippen LogP) is 2.67. The highest BCUT2D eigenvalue weighted by atomic mass is 79.9. The smallest absolute Gasteiger partial charge is 0.105 e. The quantitative estimate of drug-likeness (QED) is 0.733. The molecule has 3 nitrogen and oxygen atoms in total. The molecule has 0 aliphatic heterocycles. The fourth-order valence-electron chi connectivity index (χ4n) is 1.03. The number of anilines is 1. The number of nitrogens with two attached hydrogens (primary N) is 1. The molecule has 0 unspecified atom stereocenters. The van der Waals surface area contributed by atoms with Crippen LogP contribution in [0.25, 0.3) is 11.0 Å². The Hall–Kier alpha value is -0.550. The molecular weight excluding hydrogens is 286 g/mol. The van der Waals surface area contributed by atoms with E-state index in [4.69, 9.17) is 5.73 Å². The summed E-state index contributed by atoms with van der Waals surface area (Å²) in [7, 11) is 0. The number of imidazole rings is 1. The summed E-state index contributed by atoms with van der Waals surface area (Å²) in [5.41, 5.74) is 8.25. The first-order chi connectivity index (χ1) is 5.70. The first-order valence-corrected chi connectivity index (χ1v) is 4.85. The third-order valence-electron chi connectivity index (χ3n) is 1.64. The monoisotopic (exact) mass is 289 g/mol. The normalized spacial score (nSPS) is 10.8. The minimum Gasteiger partial charge on any atom is -0.397 e. The van der Waals surface area contributed by atoms with Gasteiger partial charge in [0.1, 0.15) is 5.52 Å². The van der Waals surface area contributed by atoms with Gasteiger partial charge in [0.25, 0.3) is 0 Å². The van der Waals surface area contributed by atoms with Crippen LogP contribution in [-0.2, 0) is 0 Å². The minimum atomic E-state index is 0.676. The summed E-state index contributed by atoms with van der Waals surface area (Å²) in [5.74, 6) is 0. The Morgan fingerprint density at radius 3 is 2.92 bits per heavy atom. The van der Waals surface area contributed by atoms with Gasteiger partial charge in [-0.15, -0.1) is 0 Å². The Morgan fingerprint density at radius 2 is 2.17 bits per heavy atom. The van der Waals surface area contributed by atoms with Gasteiger partial charge in [0.2, 0.25) is 0 Å². The first kappa shape index (κ1) is 8.07. The summed E-state index contributed by atoms with van der Waals surface area (Å²) in [6, 6.07) is 1.91. The number of nitrogens with zero attached hydrogens (tertiary/aromatic N) is 1. The summed E-state index contributed by atoms with van der Waals surface area (Å²) in [6.07, 6.45) is 1.64. The van der Waals surface area contributed by atoms with E-state index in [2.05, 4.69) is 41.8 Å². The molecular formula is C7H5Br2N3. The number of aromatic nitrogens is 2. The van der Waals surface area contributed by atoms with Crippen molar-refractivity contribution >= 4 is 48.6 Å². The van der Waals surface area contributed by atoms with Gasteiger partial charge in [-0.2, -0.15) is 0 Å². The molecule has 0 aliphatic rings. The molecule has 0 aliphatic carbocycles. The topological polar surface area (TPSA) is 54.7 Å². The average Bonchev–Trinajstić information content (AvgIpc) is 2.48. The molecule has 12 heavy (non-hydrogen) atoms. The number of rotatable bonds is 0. The van der Waals surface area contributed by atoms with Crippen molar-refractivity contribution in [2.75, 3.05) is 5.73 Å². The number of nitrogens with one attached hydrogen (secondary N) is 1. The van der Waals surface area contributed by atoms with E-state index in [0.29, 0.717) is 5.69 Å². The third-order valence-corrected chi connectivity index (χ3v) is 3.10. The summed E-state index contributed by atoms with van der Waals surface area (Å²) >= 11 is 6.72. The van der Waals surface area contributed by atoms with Crippen LogP contribution < -0.4 is 5.73 Å². The standard InChI is InChI=1S/C7H5Br2N3/c8-3-1-4-7(12-2-11-4)5(9)6(3)10/h1-2H,10H2,(H,11,12). The zero-order valence-corrected chi connectivity index (χ0v) is 9.11. The second kappa shape index (κ2) is 2.74. The molecule has 1 aromatic heterocycles. The zero-order valence-electron chi connectivity index (χ0n) is 5.94. The molecule has 2 rings (SSSR count). The molecule has 0 saturated carbocycles. The van der Waals surface area contributed by atoms with Crippen molar-refractivity contribution in [1.29, 1.82) is 0 Å². The van der Waals surface area contributed by atoms with Crippen LogP contribution >= 0.6 is 31.9 Å². The van der Waals surface area contributed by atoms with Gasteiger partial charge in [-0.3, -0.25) is 0 Å². The van der Waals surface area contributed by atoms with Crippen molar-refractivity contribution in [2.24, 2.45) is 0 Å². The van der Waals surface area contributed by atoms with Crippen LogP contribution in [0.2, 0.25) is 0 Å². The second-order valence-electron chi connectivity index (χ2n) is 2.38. The Kier molecular flexibility index (Phi) is 1.84. The van der Waals surface area contributed by atoms with E-state index in [1.165, 1.54) is 0 Å². The fraction of sp³-hybridized carbons (Fsp3) is 0. The number of nitrogen functional groups attached to an aromatic ring is 1. The molecule has 0 atom stereocenters. The molecule has 5 heteroatoms. The van der Waals surface area contributed by atoms with E-state index in [0.717, 1.165) is 20.0 Å². The van der Waals surface area contributed by atoms with Crippen LogP contribution in [0.3, 0.4) is 0 Å². The predicted molar refractivity (Wildman–Crippen MR) is 55.9 cm³/mol. The van der Waals surface area contributed by atoms with Crippen molar-refractivity contribution in [1.82, 2.24) is 9.97 Å². The Balaban J connectivity index is 2.94. The van der Waals surface area contributed by atoms with Gasteiger partial charge < -0.3 is 10.7 Å². The van der Waals surface area contributed by atoms with Crippen LogP contribution in [0.5, 0.6) is 0 Å². The summed E-state index contributed by atoms with van der Waals surface area (Å²) in [5, 5.41) is 0. The van der Waals surface area contributed by atoms with Gasteiger partial charge in [-0.1, -0.05) is 0 Å². The lowest BCUT2D eigenvalue weighted by molar-refractivity contribution is 1.34. The highest BCUT2D eigenvalue weighted by Gasteiger charge is 2.08. The third kappa shape index (κ3) is 1.04. The Bertz CT molecular complexity index is 435. The average molecular weight is 291 g/mol. The van der Waals surface area contributed by atoms with E-state index in [-0.39, 0.29) is 0 Å². The molecule has 1 aromatic carbocycles. The Labute approximate surface area is 85.6 Å². The molecule has 0 fully saturated rings. The lowest BCUT2D eigenvalue weighted by Gasteiger charge is -2.01. The number of fused-ring (bicyclic) bond motifs is 1. The Morgan fingerprint density at radius 1 is 1.42 bits per heavy atom. The fourth-order valence-corrected chi connectivity index (χ4v) is 2.25. The van der Waals surface area contributed by atoms with Gasteiger partial charge in [-0.25, -0.2) is 4.98 Å². The van der Waals surface area contributed by atoms with Crippen LogP contribution in [-0.4, -0.2) is 9.97 Å². The summed E-state index contributed by atoms with van der Waals surface area (Å²) in [4.78, 5) is 7.12. The van der Waals surface area contributed by atoms with Crippen LogP contribution in [0.4, 0.5) is 5.69 Å². The highest BCUT2D eigenvalue weighted by molar-refractivity contribution is 9.11. The van der Waals surface area contributed by atoms with Crippen molar-refractivity contribution < 1.29 is 0 Å². The van der Waals surface area contributed by atoms with Crippen molar-refractivity contribution in [3.05, 3.63) is 21.3 Å². The highest BCUT2D eigenvalue weighted by Crippen LogP contribution is 2.33. The van der Waals surface area contributed by atoms with Gasteiger partial charge in [0, 0.05) is 4.47 Å². The zero-order chi connectivity index (χ0) is 8.72. The van der Waals surface area contributed by atoms with Gasteiger partial charge >= 0.3 is 0 Å². The molecule has 1 heterocycles. The van der Waals surface area contributed by atoms with Crippen LogP contribution in [0.15, 0.2) is 21.3 Å². The molecule has 0 bridgehead atoms. The molecule has 0 spiro atoms. The lowest BCUT2D eigenvalue weighted by atomic mass is 10.3. The van der Waals surface area contributed by atoms with E-state index < -0.39 is 0 Å². The molecule has 2 aromatic rings. The van der Waals surface area contributed by atoms with Gasteiger partial charge in [0.05, 0.1) is 22.0 Å². The van der Waals surface area contributed by atoms with E-state index in [1.54, 1.807) is 6.33 Å². The molecule has 3 N–H and O–H groups in total. The number of halogens is 2. The van der Waals surface area contributed by atoms with E-state index in [9.17, 15) is 0 Å². The van der Waals surface area contributed by atoms with Crippen molar-refractivity contribution in [3.63, 3.8) is 0 Å². The van der Waals surface area contributed by atoms with Gasteiger partial charge in [0.15, 0.2) is 0 Å². The molecule has 62 valence electrons. The SMILES string of the molecule is Nc1c(Br)cc2[nH]cnc2c1Br. The minimum absolute atomic E-state index is 0.676. The number of hydrogen-bond acceptors (Lipinski definition) is 2. The second-order valence-corrected chi connectivity index (χ2v) is 4.03. The number of H-pyrrole nitrogens is 1. The maximum atomic E-state index is 5.76. The van der Waals surface area contributed by atoms with E-state index >= 15 is 0 Å². The molecule has 0 amide bonds. The van der Waals surface area contributed by atoms with Crippen molar-refractivity contribution in [2.45, 2.75) is 0 Å². The van der Waals surface area contributed by atoms with Crippen molar-refractivity contribution in [3.8, 4) is 0 Å². The van der Waals surface area contributed by atoms with E-state index in [1.807, 2.05) is 6.07 Å². The summed E-state index contributed by atoms with van der Waals surface area (Å²) in [6.45, 7) is 0. The number of hydrogen-bond donors (Lipinski definition) is 2. The van der Waals surface area contributed by atoms with Crippen LogP contribution in [0, 0.1) is 0 Å². The largest absolute Gasteiger partial charge is 0.397 e. The lowest BCUT2D eigenvalue weighted by Crippen LogP contribution is -1.89. The molecule has 0 saturated heterocycles. The number of aromatic amines is 1. The van der Waals surface area contributed by atoms with Gasteiger partial charge in [-0.05, 0) is 37.9 Å². The summed E-state index contributed by atoms with van der Waals surface area (Å²) < 4.78 is 1.69. The maximum absolute atomic E-state index is 5.76. The maximum Gasteiger partial charge on any atom is 0.105 e. The van der Waals surface area contributed by atoms with Crippen LogP contribution in [0.1, 0.15) is 0 Å². The first-order valence-electron chi connectivity index (χ1n) is 3.26. The molecule has 0 radical (unpaired) electrons. The number of benzene rings is 1.